The molecule has 4 heterocycles. The number of rotatable bonds is 5. The summed E-state index contributed by atoms with van der Waals surface area (Å²) in [6, 6.07) is 10.5. The van der Waals surface area contributed by atoms with Crippen LogP contribution in [0.5, 0.6) is 0 Å². The highest BCUT2D eigenvalue weighted by atomic mass is 32.2. The fourth-order valence-electron chi connectivity index (χ4n) is 3.35. The second-order valence-electron chi connectivity index (χ2n) is 6.96. The molecule has 9 nitrogen and oxygen atoms in total. The van der Waals surface area contributed by atoms with Gasteiger partial charge >= 0.3 is 5.69 Å². The lowest BCUT2D eigenvalue weighted by molar-refractivity contribution is 0.102. The quantitative estimate of drug-likeness (QED) is 0.497. The van der Waals surface area contributed by atoms with E-state index in [1.165, 1.54) is 6.26 Å². The topological polar surface area (TPSA) is 115 Å². The van der Waals surface area contributed by atoms with Crippen molar-refractivity contribution in [3.05, 3.63) is 87.2 Å². The van der Waals surface area contributed by atoms with Crippen LogP contribution in [0.1, 0.15) is 16.1 Å². The van der Waals surface area contributed by atoms with Crippen LogP contribution in [0.25, 0.3) is 11.3 Å². The molecular formula is C21H17N5O4S. The Bertz CT molecular complexity index is 1340. The van der Waals surface area contributed by atoms with E-state index in [2.05, 4.69) is 19.9 Å². The molecule has 2 N–H and O–H groups in total. The zero-order chi connectivity index (χ0) is 21.4. The molecular weight excluding hydrogens is 418 g/mol. The highest BCUT2D eigenvalue weighted by molar-refractivity contribution is 7.99. The Kier molecular flexibility index (Phi) is 4.83. The predicted octanol–water partition coefficient (Wildman–Crippen LogP) is 2.40. The number of nitrogens with one attached hydrogen (secondary N) is 2. The van der Waals surface area contributed by atoms with Crippen molar-refractivity contribution in [1.82, 2.24) is 19.1 Å². The number of thioether (sulfide) groups is 1. The van der Waals surface area contributed by atoms with E-state index >= 15 is 0 Å². The molecule has 1 amide bonds. The average molecular weight is 435 g/mol. The number of hydrogen-bond acceptors (Lipinski definition) is 6. The zero-order valence-electron chi connectivity index (χ0n) is 16.2. The number of H-pyrrole nitrogens is 1. The van der Waals surface area contributed by atoms with Gasteiger partial charge in [-0.2, -0.15) is 0 Å². The van der Waals surface area contributed by atoms with Crippen LogP contribution in [0, 0.1) is 0 Å². The second-order valence-corrected chi connectivity index (χ2v) is 8.02. The standard InChI is InChI=1S/C21H17N5O4S/c27-18(16-10-22-20(29)26(19(16)28)11-15-2-1-8-30-15)23-14-5-3-13(4-6-14)17-12-25-7-9-31-21(25)24-17/h1-6,8,10,12H,7,9,11H2,(H,22,29)(H,23,27). The van der Waals surface area contributed by atoms with Crippen LogP contribution in [0.4, 0.5) is 5.69 Å². The van der Waals surface area contributed by atoms with Crippen LogP contribution < -0.4 is 16.6 Å². The highest BCUT2D eigenvalue weighted by Gasteiger charge is 2.17. The first-order valence-corrected chi connectivity index (χ1v) is 10.5. The third-order valence-corrected chi connectivity index (χ3v) is 5.91. The lowest BCUT2D eigenvalue weighted by Crippen LogP contribution is -2.39. The minimum atomic E-state index is -0.695. The normalized spacial score (nSPS) is 12.6. The van der Waals surface area contributed by atoms with Crippen LogP contribution >= 0.6 is 11.8 Å². The Morgan fingerprint density at radius 3 is 2.81 bits per heavy atom. The van der Waals surface area contributed by atoms with Gasteiger partial charge in [0.1, 0.15) is 11.3 Å². The van der Waals surface area contributed by atoms with E-state index in [9.17, 15) is 14.4 Å². The van der Waals surface area contributed by atoms with Gasteiger partial charge in [-0.15, -0.1) is 0 Å². The van der Waals surface area contributed by atoms with E-state index in [4.69, 9.17) is 4.42 Å². The third-order valence-electron chi connectivity index (χ3n) is 4.94. The maximum Gasteiger partial charge on any atom is 0.328 e. The van der Waals surface area contributed by atoms with Crippen LogP contribution in [0.2, 0.25) is 0 Å². The molecule has 4 aromatic rings. The summed E-state index contributed by atoms with van der Waals surface area (Å²) >= 11 is 1.73. The van der Waals surface area contributed by atoms with Crippen molar-refractivity contribution in [2.75, 3.05) is 11.1 Å². The number of carbonyl (C=O) groups is 1. The van der Waals surface area contributed by atoms with Crippen molar-refractivity contribution in [1.29, 1.82) is 0 Å². The van der Waals surface area contributed by atoms with Gasteiger partial charge < -0.3 is 19.3 Å². The van der Waals surface area contributed by atoms with Gasteiger partial charge in [-0.05, 0) is 24.3 Å². The minimum absolute atomic E-state index is 0.0656. The largest absolute Gasteiger partial charge is 0.467 e. The summed E-state index contributed by atoms with van der Waals surface area (Å²) in [5.74, 6) is 0.866. The van der Waals surface area contributed by atoms with E-state index in [1.54, 1.807) is 36.0 Å². The van der Waals surface area contributed by atoms with E-state index in [0.717, 1.165) is 39.5 Å². The molecule has 0 saturated heterocycles. The van der Waals surface area contributed by atoms with Crippen molar-refractivity contribution >= 4 is 23.4 Å². The van der Waals surface area contributed by atoms with E-state index in [-0.39, 0.29) is 12.1 Å². The lowest BCUT2D eigenvalue weighted by atomic mass is 10.1. The van der Waals surface area contributed by atoms with Gasteiger partial charge in [0.05, 0.1) is 18.5 Å². The van der Waals surface area contributed by atoms with E-state index in [1.807, 2.05) is 18.3 Å². The Balaban J connectivity index is 1.35. The number of amides is 1. The monoisotopic (exact) mass is 435 g/mol. The van der Waals surface area contributed by atoms with Gasteiger partial charge in [0.25, 0.3) is 11.5 Å². The van der Waals surface area contributed by atoms with Gasteiger partial charge in [-0.25, -0.2) is 9.78 Å². The zero-order valence-corrected chi connectivity index (χ0v) is 17.0. The van der Waals surface area contributed by atoms with Crippen molar-refractivity contribution < 1.29 is 9.21 Å². The summed E-state index contributed by atoms with van der Waals surface area (Å²) in [6.07, 6.45) is 4.59. The van der Waals surface area contributed by atoms with Gasteiger partial charge in [0.15, 0.2) is 5.16 Å². The summed E-state index contributed by atoms with van der Waals surface area (Å²) in [5, 5.41) is 3.71. The van der Waals surface area contributed by atoms with Crippen molar-refractivity contribution in [2.45, 2.75) is 18.2 Å². The van der Waals surface area contributed by atoms with Gasteiger partial charge in [-0.3, -0.25) is 14.2 Å². The fraction of sp³-hybridized carbons (Fsp3) is 0.143. The van der Waals surface area contributed by atoms with Crippen LogP contribution in [-0.2, 0) is 13.1 Å². The number of fused-ring (bicyclic) bond motifs is 1. The molecule has 1 aromatic carbocycles. The molecule has 10 heteroatoms. The van der Waals surface area contributed by atoms with Crippen molar-refractivity contribution in [3.63, 3.8) is 0 Å². The van der Waals surface area contributed by atoms with E-state index < -0.39 is 17.2 Å². The summed E-state index contributed by atoms with van der Waals surface area (Å²) in [4.78, 5) is 44.4. The molecule has 0 fully saturated rings. The summed E-state index contributed by atoms with van der Waals surface area (Å²) in [6.45, 7) is 0.891. The number of anilines is 1. The van der Waals surface area contributed by atoms with Gasteiger partial charge in [0.2, 0.25) is 0 Å². The molecule has 1 aliphatic heterocycles. The summed E-state index contributed by atoms with van der Waals surface area (Å²) < 4.78 is 8.24. The Morgan fingerprint density at radius 1 is 1.23 bits per heavy atom. The maximum absolute atomic E-state index is 12.7. The number of furan rings is 1. The third kappa shape index (κ3) is 3.73. The highest BCUT2D eigenvalue weighted by Crippen LogP contribution is 2.29. The van der Waals surface area contributed by atoms with E-state index in [0.29, 0.717) is 11.4 Å². The predicted molar refractivity (Wildman–Crippen MR) is 115 cm³/mol. The summed E-state index contributed by atoms with van der Waals surface area (Å²) in [7, 11) is 0. The number of imidazole rings is 1. The second kappa shape index (κ2) is 7.80. The van der Waals surface area contributed by atoms with Crippen LogP contribution in [0.3, 0.4) is 0 Å². The number of aryl methyl sites for hydroxylation is 1. The summed E-state index contributed by atoms with van der Waals surface area (Å²) in [5.41, 5.74) is 0.856. The SMILES string of the molecule is O=C(Nc1ccc(-c2cn3c(n2)SCC3)cc1)c1c[nH]c(=O)n(Cc2ccco2)c1=O. The first kappa shape index (κ1) is 19.2. The van der Waals surface area contributed by atoms with Crippen LogP contribution in [-0.4, -0.2) is 30.8 Å². The number of benzene rings is 1. The van der Waals surface area contributed by atoms with Gasteiger partial charge in [0, 0.05) is 35.9 Å². The minimum Gasteiger partial charge on any atom is -0.467 e. The number of nitrogens with zero attached hydrogens (tertiary/aromatic N) is 3. The molecule has 1 aliphatic rings. The Morgan fingerprint density at radius 2 is 2.06 bits per heavy atom. The molecule has 0 aliphatic carbocycles. The molecule has 0 atom stereocenters. The average Bonchev–Trinajstić information content (AvgIpc) is 3.49. The smallest absolute Gasteiger partial charge is 0.328 e. The molecule has 0 saturated carbocycles. The first-order valence-electron chi connectivity index (χ1n) is 9.55. The van der Waals surface area contributed by atoms with Crippen molar-refractivity contribution in [3.8, 4) is 11.3 Å². The molecule has 156 valence electrons. The molecule has 3 aromatic heterocycles. The number of aromatic nitrogens is 4. The van der Waals surface area contributed by atoms with Crippen molar-refractivity contribution in [2.24, 2.45) is 0 Å². The lowest BCUT2D eigenvalue weighted by Gasteiger charge is -2.08. The Labute approximate surface area is 179 Å². The van der Waals surface area contributed by atoms with Gasteiger partial charge in [-0.1, -0.05) is 23.9 Å². The number of aromatic amines is 1. The first-order chi connectivity index (χ1) is 15.1. The molecule has 0 spiro atoms. The molecule has 5 rings (SSSR count). The molecule has 0 bridgehead atoms. The number of hydrogen-bond donors (Lipinski definition) is 2. The van der Waals surface area contributed by atoms with Crippen LogP contribution in [0.15, 0.2) is 74.2 Å². The maximum atomic E-state index is 12.7. The molecule has 0 radical (unpaired) electrons. The molecule has 0 unspecified atom stereocenters. The Hall–Kier alpha value is -3.79. The fourth-order valence-corrected chi connectivity index (χ4v) is 4.29. The number of carbonyl (C=O) groups excluding carboxylic acids is 1. The molecule has 31 heavy (non-hydrogen) atoms.